The number of nitrogens with zero attached hydrogens (tertiary/aromatic N) is 1. The number of carbonyl (C=O) groups excluding carboxylic acids is 1. The van der Waals surface area contributed by atoms with E-state index >= 15 is 0 Å². The van der Waals surface area contributed by atoms with E-state index in [1.807, 2.05) is 17.0 Å². The van der Waals surface area contributed by atoms with Crippen LogP contribution in [-0.2, 0) is 11.3 Å². The Bertz CT molecular complexity index is 389. The maximum atomic E-state index is 11.7. The second-order valence-electron chi connectivity index (χ2n) is 4.93. The Balaban J connectivity index is 2.55. The molecule has 100 valence electrons. The van der Waals surface area contributed by atoms with Crippen LogP contribution in [0.3, 0.4) is 0 Å². The molecule has 1 aromatic rings. The minimum atomic E-state index is 0.0936. The molecule has 3 nitrogen and oxygen atoms in total. The molecule has 0 fully saturated rings. The lowest BCUT2D eigenvalue weighted by atomic mass is 10.1. The van der Waals surface area contributed by atoms with Crippen LogP contribution >= 0.6 is 0 Å². The van der Waals surface area contributed by atoms with Crippen molar-refractivity contribution in [1.29, 1.82) is 0 Å². The summed E-state index contributed by atoms with van der Waals surface area (Å²) < 4.78 is 5.30. The predicted molar refractivity (Wildman–Crippen MR) is 73.1 cm³/mol. The second-order valence-corrected chi connectivity index (χ2v) is 4.93. The van der Waals surface area contributed by atoms with Gasteiger partial charge in [-0.3, -0.25) is 4.79 Å². The fourth-order valence-corrected chi connectivity index (χ4v) is 1.92. The average Bonchev–Trinajstić information content (AvgIpc) is 2.77. The van der Waals surface area contributed by atoms with E-state index in [4.69, 9.17) is 4.42 Å². The molecule has 0 bridgehead atoms. The lowest BCUT2D eigenvalue weighted by Crippen LogP contribution is -2.36. The van der Waals surface area contributed by atoms with Gasteiger partial charge in [0.25, 0.3) is 0 Å². The molecule has 0 spiro atoms. The first-order chi connectivity index (χ1) is 8.50. The first kappa shape index (κ1) is 14.6. The SMILES string of the molecule is CC(=O)N(Cc1ccco1)C(C)CCC=C(C)C. The highest BCUT2D eigenvalue weighted by molar-refractivity contribution is 5.73. The smallest absolute Gasteiger partial charge is 0.220 e. The largest absolute Gasteiger partial charge is 0.467 e. The highest BCUT2D eigenvalue weighted by Crippen LogP contribution is 2.13. The summed E-state index contributed by atoms with van der Waals surface area (Å²) in [6, 6.07) is 3.98. The van der Waals surface area contributed by atoms with E-state index in [0.29, 0.717) is 6.54 Å². The van der Waals surface area contributed by atoms with Crippen molar-refractivity contribution in [2.24, 2.45) is 0 Å². The van der Waals surface area contributed by atoms with Gasteiger partial charge < -0.3 is 9.32 Å². The van der Waals surface area contributed by atoms with E-state index in [1.165, 1.54) is 5.57 Å². The maximum absolute atomic E-state index is 11.7. The van der Waals surface area contributed by atoms with Crippen molar-refractivity contribution in [1.82, 2.24) is 4.90 Å². The summed E-state index contributed by atoms with van der Waals surface area (Å²) in [5, 5.41) is 0. The van der Waals surface area contributed by atoms with Gasteiger partial charge in [0.05, 0.1) is 12.8 Å². The van der Waals surface area contributed by atoms with Crippen molar-refractivity contribution in [2.45, 2.75) is 53.1 Å². The molecule has 0 saturated carbocycles. The monoisotopic (exact) mass is 249 g/mol. The zero-order valence-electron chi connectivity index (χ0n) is 11.8. The molecule has 1 heterocycles. The zero-order chi connectivity index (χ0) is 13.5. The van der Waals surface area contributed by atoms with Gasteiger partial charge >= 0.3 is 0 Å². The third-order valence-electron chi connectivity index (χ3n) is 2.98. The molecule has 3 heteroatoms. The Kier molecular flexibility index (Phi) is 5.69. The van der Waals surface area contributed by atoms with Crippen molar-refractivity contribution in [3.63, 3.8) is 0 Å². The third kappa shape index (κ3) is 4.78. The summed E-state index contributed by atoms with van der Waals surface area (Å²) in [6.07, 6.45) is 5.83. The summed E-state index contributed by atoms with van der Waals surface area (Å²) in [6.45, 7) is 8.44. The third-order valence-corrected chi connectivity index (χ3v) is 2.98. The van der Waals surface area contributed by atoms with E-state index in [2.05, 4.69) is 26.8 Å². The lowest BCUT2D eigenvalue weighted by Gasteiger charge is -2.27. The van der Waals surface area contributed by atoms with Crippen LogP contribution in [0.15, 0.2) is 34.5 Å². The van der Waals surface area contributed by atoms with Gasteiger partial charge in [-0.05, 0) is 45.7 Å². The summed E-state index contributed by atoms with van der Waals surface area (Å²) in [4.78, 5) is 13.5. The van der Waals surface area contributed by atoms with Crippen LogP contribution in [0.1, 0.15) is 46.3 Å². The summed E-state index contributed by atoms with van der Waals surface area (Å²) >= 11 is 0. The van der Waals surface area contributed by atoms with Crippen molar-refractivity contribution in [3.8, 4) is 0 Å². The van der Waals surface area contributed by atoms with Crippen LogP contribution < -0.4 is 0 Å². The Labute approximate surface area is 109 Å². The predicted octanol–water partition coefficient (Wildman–Crippen LogP) is 3.76. The van der Waals surface area contributed by atoms with Crippen LogP contribution in [0.4, 0.5) is 0 Å². The first-order valence-electron chi connectivity index (χ1n) is 6.43. The molecule has 0 N–H and O–H groups in total. The van der Waals surface area contributed by atoms with Gasteiger partial charge in [0.1, 0.15) is 5.76 Å². The molecule has 0 aliphatic carbocycles. The van der Waals surface area contributed by atoms with Gasteiger partial charge in [-0.15, -0.1) is 0 Å². The Hall–Kier alpha value is -1.51. The minimum absolute atomic E-state index is 0.0936. The molecule has 1 rings (SSSR count). The van der Waals surface area contributed by atoms with E-state index in [-0.39, 0.29) is 11.9 Å². The molecule has 1 amide bonds. The van der Waals surface area contributed by atoms with Crippen molar-refractivity contribution < 1.29 is 9.21 Å². The molecular weight excluding hydrogens is 226 g/mol. The first-order valence-corrected chi connectivity index (χ1v) is 6.43. The fraction of sp³-hybridized carbons (Fsp3) is 0.533. The number of allylic oxidation sites excluding steroid dienone is 2. The highest BCUT2D eigenvalue weighted by Gasteiger charge is 2.17. The summed E-state index contributed by atoms with van der Waals surface area (Å²) in [5.41, 5.74) is 1.32. The molecule has 0 aliphatic rings. The number of hydrogen-bond acceptors (Lipinski definition) is 2. The normalized spacial score (nSPS) is 12.0. The minimum Gasteiger partial charge on any atom is -0.467 e. The van der Waals surface area contributed by atoms with Crippen molar-refractivity contribution in [2.75, 3.05) is 0 Å². The molecule has 18 heavy (non-hydrogen) atoms. The molecule has 0 aromatic carbocycles. The Morgan fingerprint density at radius 1 is 1.44 bits per heavy atom. The molecule has 1 atom stereocenters. The molecule has 0 radical (unpaired) electrons. The van der Waals surface area contributed by atoms with Gasteiger partial charge in [0.2, 0.25) is 5.91 Å². The quantitative estimate of drug-likeness (QED) is 0.719. The fourth-order valence-electron chi connectivity index (χ4n) is 1.92. The molecule has 0 saturated heterocycles. The van der Waals surface area contributed by atoms with Crippen LogP contribution in [0, 0.1) is 0 Å². The van der Waals surface area contributed by atoms with Gasteiger partial charge in [-0.2, -0.15) is 0 Å². The number of amides is 1. The van der Waals surface area contributed by atoms with E-state index in [0.717, 1.165) is 18.6 Å². The lowest BCUT2D eigenvalue weighted by molar-refractivity contribution is -0.131. The van der Waals surface area contributed by atoms with Gasteiger partial charge in [-0.1, -0.05) is 11.6 Å². The molecule has 0 aliphatic heterocycles. The van der Waals surface area contributed by atoms with E-state index in [9.17, 15) is 4.79 Å². The Morgan fingerprint density at radius 3 is 2.67 bits per heavy atom. The van der Waals surface area contributed by atoms with Crippen LogP contribution in [0.25, 0.3) is 0 Å². The molecule has 1 aromatic heterocycles. The topological polar surface area (TPSA) is 33.5 Å². The van der Waals surface area contributed by atoms with E-state index in [1.54, 1.807) is 13.2 Å². The number of rotatable bonds is 6. The standard InChI is InChI=1S/C15H23NO2/c1-12(2)7-5-8-13(3)16(14(4)17)11-15-9-6-10-18-15/h6-7,9-10,13H,5,8,11H2,1-4H3. The van der Waals surface area contributed by atoms with Crippen LogP contribution in [0.2, 0.25) is 0 Å². The molecule has 1 unspecified atom stereocenters. The number of carbonyl (C=O) groups is 1. The summed E-state index contributed by atoms with van der Waals surface area (Å²) in [7, 11) is 0. The average molecular weight is 249 g/mol. The van der Waals surface area contributed by atoms with Crippen LogP contribution in [-0.4, -0.2) is 16.8 Å². The van der Waals surface area contributed by atoms with Gasteiger partial charge in [-0.25, -0.2) is 0 Å². The second kappa shape index (κ2) is 7.04. The van der Waals surface area contributed by atoms with Crippen molar-refractivity contribution in [3.05, 3.63) is 35.8 Å². The van der Waals surface area contributed by atoms with E-state index < -0.39 is 0 Å². The zero-order valence-corrected chi connectivity index (χ0v) is 11.8. The molecular formula is C15H23NO2. The maximum Gasteiger partial charge on any atom is 0.220 e. The number of hydrogen-bond donors (Lipinski definition) is 0. The van der Waals surface area contributed by atoms with Gasteiger partial charge in [0, 0.05) is 13.0 Å². The van der Waals surface area contributed by atoms with Crippen molar-refractivity contribution >= 4 is 5.91 Å². The van der Waals surface area contributed by atoms with Crippen LogP contribution in [0.5, 0.6) is 0 Å². The van der Waals surface area contributed by atoms with Gasteiger partial charge in [0.15, 0.2) is 0 Å². The highest BCUT2D eigenvalue weighted by atomic mass is 16.3. The summed E-state index contributed by atoms with van der Waals surface area (Å²) in [5.74, 6) is 0.926. The number of furan rings is 1. The Morgan fingerprint density at radius 2 is 2.17 bits per heavy atom.